The SMILES string of the molecule is CCC(OC(C)=O)n1c(C)c(C(=O)c2ccsc2)c2ccccc21. The number of hydrogen-bond acceptors (Lipinski definition) is 4. The van der Waals surface area contributed by atoms with E-state index in [4.69, 9.17) is 4.74 Å². The molecule has 0 N–H and O–H groups in total. The van der Waals surface area contributed by atoms with Crippen LogP contribution in [0, 0.1) is 6.92 Å². The molecule has 0 amide bonds. The Labute approximate surface area is 144 Å². The number of rotatable bonds is 5. The number of nitrogens with zero attached hydrogens (tertiary/aromatic N) is 1. The van der Waals surface area contributed by atoms with E-state index in [1.807, 2.05) is 59.5 Å². The second-order valence-corrected chi connectivity index (χ2v) is 6.44. The predicted molar refractivity (Wildman–Crippen MR) is 95.5 cm³/mol. The van der Waals surface area contributed by atoms with Gasteiger partial charge in [0.05, 0.1) is 11.1 Å². The third-order valence-electron chi connectivity index (χ3n) is 4.11. The van der Waals surface area contributed by atoms with Crippen molar-refractivity contribution >= 4 is 34.0 Å². The van der Waals surface area contributed by atoms with Gasteiger partial charge in [-0.25, -0.2) is 0 Å². The van der Waals surface area contributed by atoms with Crippen LogP contribution in [0.2, 0.25) is 0 Å². The first kappa shape index (κ1) is 16.5. The number of thiophene rings is 1. The Kier molecular flexibility index (Phi) is 4.53. The van der Waals surface area contributed by atoms with Gasteiger partial charge in [0, 0.05) is 35.4 Å². The molecule has 0 spiro atoms. The van der Waals surface area contributed by atoms with Gasteiger partial charge in [0.1, 0.15) is 0 Å². The molecule has 3 aromatic rings. The van der Waals surface area contributed by atoms with E-state index >= 15 is 0 Å². The van der Waals surface area contributed by atoms with Crippen molar-refractivity contribution in [3.05, 3.63) is 57.9 Å². The van der Waals surface area contributed by atoms with E-state index in [2.05, 4.69) is 0 Å². The Bertz CT molecular complexity index is 893. The van der Waals surface area contributed by atoms with Gasteiger partial charge in [0.15, 0.2) is 12.0 Å². The van der Waals surface area contributed by atoms with Crippen molar-refractivity contribution in [2.45, 2.75) is 33.4 Å². The van der Waals surface area contributed by atoms with Crippen LogP contribution < -0.4 is 0 Å². The Hall–Kier alpha value is -2.40. The van der Waals surface area contributed by atoms with Crippen LogP contribution >= 0.6 is 11.3 Å². The summed E-state index contributed by atoms with van der Waals surface area (Å²) in [6.45, 7) is 5.27. The van der Waals surface area contributed by atoms with Crippen LogP contribution in [-0.4, -0.2) is 16.3 Å². The summed E-state index contributed by atoms with van der Waals surface area (Å²) in [5.74, 6) is -0.328. The number of carbonyl (C=O) groups excluding carboxylic acids is 2. The summed E-state index contributed by atoms with van der Waals surface area (Å²) in [6.07, 6.45) is 0.210. The number of carbonyl (C=O) groups is 2. The number of ketones is 1. The monoisotopic (exact) mass is 341 g/mol. The van der Waals surface area contributed by atoms with E-state index in [0.29, 0.717) is 17.5 Å². The topological polar surface area (TPSA) is 48.3 Å². The number of hydrogen-bond donors (Lipinski definition) is 0. The second-order valence-electron chi connectivity index (χ2n) is 5.66. The van der Waals surface area contributed by atoms with Crippen LogP contribution in [0.5, 0.6) is 0 Å². The maximum Gasteiger partial charge on any atom is 0.304 e. The van der Waals surface area contributed by atoms with Gasteiger partial charge < -0.3 is 9.30 Å². The van der Waals surface area contributed by atoms with E-state index in [1.54, 1.807) is 0 Å². The van der Waals surface area contributed by atoms with Gasteiger partial charge >= 0.3 is 5.97 Å². The standard InChI is InChI=1S/C19H19NO3S/c1-4-17(23-13(3)21)20-12(2)18(15-7-5-6-8-16(15)20)19(22)14-9-10-24-11-14/h5-11,17H,4H2,1-3H3. The first-order valence-electron chi connectivity index (χ1n) is 7.88. The van der Waals surface area contributed by atoms with Crippen LogP contribution in [0.1, 0.15) is 48.1 Å². The highest BCUT2D eigenvalue weighted by atomic mass is 32.1. The second kappa shape index (κ2) is 6.61. The molecule has 2 heterocycles. The zero-order chi connectivity index (χ0) is 17.3. The molecule has 2 aromatic heterocycles. The van der Waals surface area contributed by atoms with E-state index in [9.17, 15) is 9.59 Å². The quantitative estimate of drug-likeness (QED) is 0.498. The zero-order valence-corrected chi connectivity index (χ0v) is 14.7. The van der Waals surface area contributed by atoms with Gasteiger partial charge in [-0.3, -0.25) is 9.59 Å². The third-order valence-corrected chi connectivity index (χ3v) is 4.79. The average molecular weight is 341 g/mol. The van der Waals surface area contributed by atoms with Crippen LogP contribution in [0.4, 0.5) is 0 Å². The predicted octanol–water partition coefficient (Wildman–Crippen LogP) is 4.71. The van der Waals surface area contributed by atoms with E-state index in [1.165, 1.54) is 18.3 Å². The van der Waals surface area contributed by atoms with E-state index in [-0.39, 0.29) is 11.8 Å². The number of fused-ring (bicyclic) bond motifs is 1. The van der Waals surface area contributed by atoms with Crippen molar-refractivity contribution in [2.75, 3.05) is 0 Å². The molecule has 0 radical (unpaired) electrons. The Balaban J connectivity index is 2.23. The number of ether oxygens (including phenoxy) is 1. The van der Waals surface area contributed by atoms with Gasteiger partial charge in [-0.05, 0) is 24.4 Å². The molecule has 1 atom stereocenters. The molecule has 24 heavy (non-hydrogen) atoms. The summed E-state index contributed by atoms with van der Waals surface area (Å²) in [6, 6.07) is 9.58. The summed E-state index contributed by atoms with van der Waals surface area (Å²) in [5.41, 5.74) is 3.09. The van der Waals surface area contributed by atoms with Crippen molar-refractivity contribution in [3.8, 4) is 0 Å². The van der Waals surface area contributed by atoms with Crippen molar-refractivity contribution in [3.63, 3.8) is 0 Å². The van der Waals surface area contributed by atoms with Gasteiger partial charge in [-0.2, -0.15) is 11.3 Å². The molecule has 0 fully saturated rings. The Morgan fingerprint density at radius 3 is 2.62 bits per heavy atom. The normalized spacial score (nSPS) is 12.3. The zero-order valence-electron chi connectivity index (χ0n) is 13.9. The molecule has 0 aliphatic carbocycles. The molecule has 1 unspecified atom stereocenters. The van der Waals surface area contributed by atoms with E-state index in [0.717, 1.165) is 16.6 Å². The van der Waals surface area contributed by atoms with Crippen LogP contribution in [0.3, 0.4) is 0 Å². The molecule has 0 bridgehead atoms. The lowest BCUT2D eigenvalue weighted by atomic mass is 10.0. The molecular weight excluding hydrogens is 322 g/mol. The summed E-state index contributed by atoms with van der Waals surface area (Å²) in [4.78, 5) is 24.4. The largest absolute Gasteiger partial charge is 0.441 e. The minimum atomic E-state index is -0.420. The molecule has 0 saturated carbocycles. The first-order valence-corrected chi connectivity index (χ1v) is 8.82. The lowest BCUT2D eigenvalue weighted by Gasteiger charge is -2.20. The maximum absolute atomic E-state index is 13.0. The number of aromatic nitrogens is 1. The fraction of sp³-hybridized carbons (Fsp3) is 0.263. The third kappa shape index (κ3) is 2.76. The van der Waals surface area contributed by atoms with Crippen LogP contribution in [-0.2, 0) is 9.53 Å². The van der Waals surface area contributed by atoms with Gasteiger partial charge in [-0.15, -0.1) is 0 Å². The lowest BCUT2D eigenvalue weighted by Crippen LogP contribution is -2.16. The van der Waals surface area contributed by atoms with Crippen LogP contribution in [0.15, 0.2) is 41.1 Å². The molecule has 1 aromatic carbocycles. The van der Waals surface area contributed by atoms with E-state index < -0.39 is 6.23 Å². The van der Waals surface area contributed by atoms with Crippen molar-refractivity contribution < 1.29 is 14.3 Å². The average Bonchev–Trinajstić information content (AvgIpc) is 3.18. The summed E-state index contributed by atoms with van der Waals surface area (Å²) in [7, 11) is 0. The minimum Gasteiger partial charge on any atom is -0.441 e. The molecule has 4 nitrogen and oxygen atoms in total. The smallest absolute Gasteiger partial charge is 0.304 e. The van der Waals surface area contributed by atoms with Gasteiger partial charge in [0.2, 0.25) is 0 Å². The molecule has 0 aliphatic heterocycles. The maximum atomic E-state index is 13.0. The fourth-order valence-corrected chi connectivity index (χ4v) is 3.73. The summed E-state index contributed by atoms with van der Waals surface area (Å²) < 4.78 is 7.43. The van der Waals surface area contributed by atoms with Crippen molar-refractivity contribution in [1.82, 2.24) is 4.57 Å². The number of para-hydroxylation sites is 1. The molecule has 0 aliphatic rings. The lowest BCUT2D eigenvalue weighted by molar-refractivity contribution is -0.151. The van der Waals surface area contributed by atoms with Gasteiger partial charge in [0.25, 0.3) is 0 Å². The Morgan fingerprint density at radius 1 is 1.25 bits per heavy atom. The Morgan fingerprint density at radius 2 is 2.00 bits per heavy atom. The molecular formula is C19H19NO3S. The highest BCUT2D eigenvalue weighted by Gasteiger charge is 2.25. The molecule has 0 saturated heterocycles. The summed E-state index contributed by atoms with van der Waals surface area (Å²) >= 11 is 1.50. The number of esters is 1. The molecule has 3 rings (SSSR count). The minimum absolute atomic E-state index is 0.00128. The summed E-state index contributed by atoms with van der Waals surface area (Å²) in [5, 5.41) is 4.64. The van der Waals surface area contributed by atoms with Crippen LogP contribution in [0.25, 0.3) is 10.9 Å². The first-order chi connectivity index (χ1) is 11.5. The van der Waals surface area contributed by atoms with Crippen molar-refractivity contribution in [1.29, 1.82) is 0 Å². The highest BCUT2D eigenvalue weighted by Crippen LogP contribution is 2.32. The molecule has 124 valence electrons. The molecule has 5 heteroatoms. The fourth-order valence-electron chi connectivity index (χ4n) is 3.10. The van der Waals surface area contributed by atoms with Crippen molar-refractivity contribution in [2.24, 2.45) is 0 Å². The highest BCUT2D eigenvalue weighted by molar-refractivity contribution is 7.08. The van der Waals surface area contributed by atoms with Gasteiger partial charge in [-0.1, -0.05) is 25.1 Å². The number of benzene rings is 1.